The van der Waals surface area contributed by atoms with E-state index in [4.69, 9.17) is 10.6 Å². The van der Waals surface area contributed by atoms with Crippen LogP contribution in [-0.2, 0) is 11.3 Å². The summed E-state index contributed by atoms with van der Waals surface area (Å²) >= 11 is 1.79. The lowest BCUT2D eigenvalue weighted by atomic mass is 10.4. The van der Waals surface area contributed by atoms with E-state index < -0.39 is 0 Å². The minimum atomic E-state index is 0.334. The molecule has 18 heavy (non-hydrogen) atoms. The molecular weight excluding hydrogens is 250 g/mol. The monoisotopic (exact) mass is 271 g/mol. The van der Waals surface area contributed by atoms with Gasteiger partial charge in [-0.05, 0) is 20.1 Å². The second-order valence-corrected chi connectivity index (χ2v) is 4.75. The van der Waals surface area contributed by atoms with Gasteiger partial charge in [-0.2, -0.15) is 11.8 Å². The molecule has 0 radical (unpaired) electrons. The van der Waals surface area contributed by atoms with Crippen LogP contribution >= 0.6 is 11.8 Å². The van der Waals surface area contributed by atoms with E-state index in [1.54, 1.807) is 17.8 Å². The number of rotatable bonds is 8. The molecule has 0 saturated heterocycles. The van der Waals surface area contributed by atoms with Crippen LogP contribution in [0.1, 0.15) is 19.7 Å². The van der Waals surface area contributed by atoms with Crippen molar-refractivity contribution in [1.29, 1.82) is 0 Å². The van der Waals surface area contributed by atoms with Crippen molar-refractivity contribution in [3.05, 3.63) is 11.9 Å². The zero-order valence-corrected chi connectivity index (χ0v) is 11.9. The molecular formula is C11H21N5OS. The number of nitrogens with one attached hydrogen (secondary N) is 2. The summed E-state index contributed by atoms with van der Waals surface area (Å²) in [5.41, 5.74) is 2.54. The zero-order chi connectivity index (χ0) is 13.4. The molecule has 1 atom stereocenters. The Kier molecular flexibility index (Phi) is 6.77. The summed E-state index contributed by atoms with van der Waals surface area (Å²) in [5, 5.41) is 3.31. The minimum absolute atomic E-state index is 0.334. The number of nitrogens with zero attached hydrogens (tertiary/aromatic N) is 2. The van der Waals surface area contributed by atoms with E-state index in [2.05, 4.69) is 33.9 Å². The summed E-state index contributed by atoms with van der Waals surface area (Å²) in [7, 11) is 0. The van der Waals surface area contributed by atoms with E-state index in [1.807, 2.05) is 6.92 Å². The highest BCUT2D eigenvalue weighted by atomic mass is 32.2. The Morgan fingerprint density at radius 2 is 2.17 bits per heavy atom. The minimum Gasteiger partial charge on any atom is -0.374 e. The topological polar surface area (TPSA) is 85.1 Å². The smallest absolute Gasteiger partial charge is 0.158 e. The predicted octanol–water partition coefficient (Wildman–Crippen LogP) is 1.46. The summed E-state index contributed by atoms with van der Waals surface area (Å²) in [4.78, 5) is 8.61. The number of anilines is 2. The van der Waals surface area contributed by atoms with Gasteiger partial charge >= 0.3 is 0 Å². The number of nitrogens with two attached hydrogens (primary N) is 1. The molecule has 0 fully saturated rings. The SMILES string of the molecule is CCOCc1nc(NN)cc(NC(C)CSC)n1. The van der Waals surface area contributed by atoms with E-state index in [-0.39, 0.29) is 0 Å². The molecule has 0 saturated carbocycles. The normalized spacial score (nSPS) is 12.2. The van der Waals surface area contributed by atoms with Crippen molar-refractivity contribution in [3.8, 4) is 0 Å². The number of hydrazine groups is 1. The standard InChI is InChI=1S/C11H21N5OS/c1-4-17-6-11-14-9(5-10(15-11)16-12)13-8(2)7-18-3/h5,8H,4,6-7,12H2,1-3H3,(H2,13,14,15,16). The number of thioether (sulfide) groups is 1. The maximum absolute atomic E-state index is 5.39. The molecule has 0 aromatic carbocycles. The van der Waals surface area contributed by atoms with Gasteiger partial charge in [-0.1, -0.05) is 0 Å². The number of aromatic nitrogens is 2. The Bertz CT molecular complexity index is 363. The van der Waals surface area contributed by atoms with E-state index in [1.165, 1.54) is 0 Å². The van der Waals surface area contributed by atoms with Crippen molar-refractivity contribution in [2.75, 3.05) is 29.4 Å². The van der Waals surface area contributed by atoms with Crippen LogP contribution in [0, 0.1) is 0 Å². The van der Waals surface area contributed by atoms with Gasteiger partial charge in [0.25, 0.3) is 0 Å². The molecule has 0 amide bonds. The molecule has 0 aliphatic rings. The van der Waals surface area contributed by atoms with Crippen molar-refractivity contribution >= 4 is 23.4 Å². The molecule has 1 heterocycles. The molecule has 1 unspecified atom stereocenters. The summed E-state index contributed by atoms with van der Waals surface area (Å²) in [5.74, 6) is 8.36. The van der Waals surface area contributed by atoms with Crippen LogP contribution in [0.15, 0.2) is 6.07 Å². The maximum Gasteiger partial charge on any atom is 0.158 e. The summed E-state index contributed by atoms with van der Waals surface area (Å²) in [6.45, 7) is 5.06. The van der Waals surface area contributed by atoms with Gasteiger partial charge in [0.15, 0.2) is 5.82 Å². The van der Waals surface area contributed by atoms with Crippen LogP contribution in [-0.4, -0.2) is 34.6 Å². The largest absolute Gasteiger partial charge is 0.374 e. The van der Waals surface area contributed by atoms with E-state index >= 15 is 0 Å². The third-order valence-corrected chi connectivity index (χ3v) is 3.00. The third kappa shape index (κ3) is 5.07. The predicted molar refractivity (Wildman–Crippen MR) is 76.6 cm³/mol. The highest BCUT2D eigenvalue weighted by molar-refractivity contribution is 7.98. The molecule has 0 aliphatic heterocycles. The lowest BCUT2D eigenvalue weighted by Gasteiger charge is -2.14. The average Bonchev–Trinajstić information content (AvgIpc) is 2.36. The summed E-state index contributed by atoms with van der Waals surface area (Å²) in [6.07, 6.45) is 2.07. The Labute approximate surface area is 112 Å². The van der Waals surface area contributed by atoms with Crippen molar-refractivity contribution in [2.24, 2.45) is 5.84 Å². The molecule has 102 valence electrons. The number of hydrogen-bond donors (Lipinski definition) is 3. The Balaban J connectivity index is 2.76. The summed E-state index contributed by atoms with van der Waals surface area (Å²) < 4.78 is 5.30. The Morgan fingerprint density at radius 3 is 2.78 bits per heavy atom. The molecule has 1 rings (SSSR count). The molecule has 6 nitrogen and oxygen atoms in total. The van der Waals surface area contributed by atoms with Crippen LogP contribution in [0.2, 0.25) is 0 Å². The molecule has 1 aromatic heterocycles. The van der Waals surface area contributed by atoms with Crippen molar-refractivity contribution in [2.45, 2.75) is 26.5 Å². The quantitative estimate of drug-likeness (QED) is 0.487. The van der Waals surface area contributed by atoms with Crippen LogP contribution in [0.5, 0.6) is 0 Å². The first-order chi connectivity index (χ1) is 8.69. The first-order valence-corrected chi connectivity index (χ1v) is 7.26. The highest BCUT2D eigenvalue weighted by Gasteiger charge is 2.07. The molecule has 0 spiro atoms. The molecule has 4 N–H and O–H groups in total. The van der Waals surface area contributed by atoms with Gasteiger partial charge in [-0.3, -0.25) is 0 Å². The highest BCUT2D eigenvalue weighted by Crippen LogP contribution is 2.13. The molecule has 0 aliphatic carbocycles. The van der Waals surface area contributed by atoms with Gasteiger partial charge in [-0.25, -0.2) is 15.8 Å². The Hall–Kier alpha value is -1.05. The van der Waals surface area contributed by atoms with Crippen LogP contribution in [0.25, 0.3) is 0 Å². The molecule has 1 aromatic rings. The van der Waals surface area contributed by atoms with Gasteiger partial charge in [0, 0.05) is 24.5 Å². The number of hydrogen-bond acceptors (Lipinski definition) is 7. The average molecular weight is 271 g/mol. The second-order valence-electron chi connectivity index (χ2n) is 3.84. The number of nitrogen functional groups attached to an aromatic ring is 1. The number of ether oxygens (including phenoxy) is 1. The van der Waals surface area contributed by atoms with Gasteiger partial charge < -0.3 is 15.5 Å². The first kappa shape index (κ1) is 15.0. The van der Waals surface area contributed by atoms with Gasteiger partial charge in [-0.15, -0.1) is 0 Å². The van der Waals surface area contributed by atoms with Crippen LogP contribution in [0.3, 0.4) is 0 Å². The van der Waals surface area contributed by atoms with E-state index in [9.17, 15) is 0 Å². The third-order valence-electron chi connectivity index (χ3n) is 2.17. The fraction of sp³-hybridized carbons (Fsp3) is 0.636. The fourth-order valence-electron chi connectivity index (χ4n) is 1.45. The van der Waals surface area contributed by atoms with Gasteiger partial charge in [0.1, 0.15) is 18.2 Å². The fourth-order valence-corrected chi connectivity index (χ4v) is 2.03. The van der Waals surface area contributed by atoms with Crippen molar-refractivity contribution < 1.29 is 4.74 Å². The first-order valence-electron chi connectivity index (χ1n) is 5.87. The molecule has 0 bridgehead atoms. The van der Waals surface area contributed by atoms with Crippen LogP contribution < -0.4 is 16.6 Å². The lowest BCUT2D eigenvalue weighted by Crippen LogP contribution is -2.20. The second kappa shape index (κ2) is 8.12. The van der Waals surface area contributed by atoms with Crippen LogP contribution in [0.4, 0.5) is 11.6 Å². The summed E-state index contributed by atoms with van der Waals surface area (Å²) in [6, 6.07) is 2.12. The van der Waals surface area contributed by atoms with Crippen molar-refractivity contribution in [1.82, 2.24) is 9.97 Å². The van der Waals surface area contributed by atoms with Crippen molar-refractivity contribution in [3.63, 3.8) is 0 Å². The Morgan fingerprint density at radius 1 is 1.44 bits per heavy atom. The van der Waals surface area contributed by atoms with E-state index in [0.29, 0.717) is 30.9 Å². The zero-order valence-electron chi connectivity index (χ0n) is 11.1. The van der Waals surface area contributed by atoms with Gasteiger partial charge in [0.2, 0.25) is 0 Å². The van der Waals surface area contributed by atoms with E-state index in [0.717, 1.165) is 11.6 Å². The molecule has 7 heteroatoms. The maximum atomic E-state index is 5.39. The lowest BCUT2D eigenvalue weighted by molar-refractivity contribution is 0.128. The van der Waals surface area contributed by atoms with Gasteiger partial charge in [0.05, 0.1) is 0 Å².